The van der Waals surface area contributed by atoms with Gasteiger partial charge >= 0.3 is 0 Å². The number of rotatable bonds is 2. The highest BCUT2D eigenvalue weighted by Gasteiger charge is 2.28. The van der Waals surface area contributed by atoms with Crippen molar-refractivity contribution in [1.82, 2.24) is 0 Å². The zero-order chi connectivity index (χ0) is 11.7. The first-order chi connectivity index (χ1) is 7.59. The molecule has 1 atom stereocenters. The normalized spacial score (nSPS) is 20.1. The van der Waals surface area contributed by atoms with Crippen molar-refractivity contribution in [2.45, 2.75) is 33.2 Å². The van der Waals surface area contributed by atoms with Crippen LogP contribution in [-0.2, 0) is 0 Å². The molecule has 86 valence electrons. The predicted molar refractivity (Wildman–Crippen MR) is 67.0 cm³/mol. The van der Waals surface area contributed by atoms with Gasteiger partial charge in [0.1, 0.15) is 0 Å². The van der Waals surface area contributed by atoms with Gasteiger partial charge in [-0.15, -0.1) is 0 Å². The van der Waals surface area contributed by atoms with Crippen molar-refractivity contribution in [1.29, 1.82) is 0 Å². The van der Waals surface area contributed by atoms with Gasteiger partial charge in [-0.25, -0.2) is 0 Å². The molecule has 1 aliphatic heterocycles. The number of Topliss-reactive ketones (excluding diaryl/α,β-unsaturated/α-hetero) is 1. The molecular weight excluding hydrogens is 198 g/mol. The van der Waals surface area contributed by atoms with Crippen LogP contribution in [0.1, 0.15) is 37.6 Å². The third-order valence-electron chi connectivity index (χ3n) is 3.09. The van der Waals surface area contributed by atoms with E-state index in [-0.39, 0.29) is 5.78 Å². The van der Waals surface area contributed by atoms with Crippen molar-refractivity contribution < 1.29 is 4.79 Å². The molecule has 0 aliphatic carbocycles. The minimum atomic E-state index is 0.281. The summed E-state index contributed by atoms with van der Waals surface area (Å²) >= 11 is 0. The van der Waals surface area contributed by atoms with Crippen LogP contribution in [0.4, 0.5) is 5.69 Å². The Balaban J connectivity index is 2.39. The van der Waals surface area contributed by atoms with Crippen molar-refractivity contribution >= 4 is 11.5 Å². The molecule has 0 bridgehead atoms. The number of para-hydroxylation sites is 1. The summed E-state index contributed by atoms with van der Waals surface area (Å²) in [5.74, 6) is 0.895. The zero-order valence-electron chi connectivity index (χ0n) is 10.2. The third-order valence-corrected chi connectivity index (χ3v) is 3.09. The number of nitrogens with zero attached hydrogens (tertiary/aromatic N) is 1. The van der Waals surface area contributed by atoms with Gasteiger partial charge in [-0.05, 0) is 25.0 Å². The van der Waals surface area contributed by atoms with E-state index in [0.717, 1.165) is 17.8 Å². The zero-order valence-corrected chi connectivity index (χ0v) is 10.2. The van der Waals surface area contributed by atoms with E-state index in [1.807, 2.05) is 18.2 Å². The Bertz CT molecular complexity index is 397. The summed E-state index contributed by atoms with van der Waals surface area (Å²) in [4.78, 5) is 14.3. The van der Waals surface area contributed by atoms with Crippen LogP contribution < -0.4 is 4.90 Å². The molecule has 1 aromatic carbocycles. The number of benzene rings is 1. The molecule has 0 radical (unpaired) electrons. The van der Waals surface area contributed by atoms with Crippen molar-refractivity contribution in [2.75, 3.05) is 11.4 Å². The van der Waals surface area contributed by atoms with E-state index < -0.39 is 0 Å². The van der Waals surface area contributed by atoms with Crippen LogP contribution in [0.3, 0.4) is 0 Å². The highest BCUT2D eigenvalue weighted by Crippen LogP contribution is 2.30. The molecule has 1 unspecified atom stereocenters. The first-order valence-electron chi connectivity index (χ1n) is 5.98. The summed E-state index contributed by atoms with van der Waals surface area (Å²) in [5.41, 5.74) is 2.00. The molecule has 0 aromatic heterocycles. The Kier molecular flexibility index (Phi) is 2.99. The maximum Gasteiger partial charge on any atom is 0.166 e. The van der Waals surface area contributed by atoms with Gasteiger partial charge in [0.2, 0.25) is 0 Å². The summed E-state index contributed by atoms with van der Waals surface area (Å²) in [7, 11) is 0. The average molecular weight is 217 g/mol. The van der Waals surface area contributed by atoms with Gasteiger partial charge in [-0.1, -0.05) is 26.0 Å². The molecule has 0 N–H and O–H groups in total. The highest BCUT2D eigenvalue weighted by atomic mass is 16.1. The molecule has 0 spiro atoms. The number of anilines is 1. The third kappa shape index (κ3) is 1.97. The molecule has 0 fully saturated rings. The molecular formula is C14H19NO. The fraction of sp³-hybridized carbons (Fsp3) is 0.500. The number of carbonyl (C=O) groups is 1. The second-order valence-corrected chi connectivity index (χ2v) is 5.04. The van der Waals surface area contributed by atoms with Crippen LogP contribution in [0, 0.1) is 5.92 Å². The largest absolute Gasteiger partial charge is 0.368 e. The Morgan fingerprint density at radius 2 is 2.06 bits per heavy atom. The van der Waals surface area contributed by atoms with Crippen LogP contribution in [0.25, 0.3) is 0 Å². The molecule has 0 saturated heterocycles. The van der Waals surface area contributed by atoms with Gasteiger partial charge in [0, 0.05) is 30.3 Å². The minimum Gasteiger partial charge on any atom is -0.368 e. The lowest BCUT2D eigenvalue weighted by atomic mass is 9.94. The second kappa shape index (κ2) is 4.28. The van der Waals surface area contributed by atoms with Gasteiger partial charge in [-0.3, -0.25) is 4.79 Å². The van der Waals surface area contributed by atoms with E-state index in [2.05, 4.69) is 31.7 Å². The number of ketones is 1. The number of fused-ring (bicyclic) bond motifs is 1. The van der Waals surface area contributed by atoms with Crippen LogP contribution >= 0.6 is 0 Å². The summed E-state index contributed by atoms with van der Waals surface area (Å²) in [5, 5.41) is 0. The Hall–Kier alpha value is -1.31. The molecule has 1 aliphatic rings. The van der Waals surface area contributed by atoms with Crippen LogP contribution in [0.5, 0.6) is 0 Å². The van der Waals surface area contributed by atoms with E-state index in [9.17, 15) is 4.79 Å². The highest BCUT2D eigenvalue weighted by molar-refractivity contribution is 6.03. The smallest absolute Gasteiger partial charge is 0.166 e. The van der Waals surface area contributed by atoms with Gasteiger partial charge in [-0.2, -0.15) is 0 Å². The fourth-order valence-corrected chi connectivity index (χ4v) is 2.36. The topological polar surface area (TPSA) is 20.3 Å². The summed E-state index contributed by atoms with van der Waals surface area (Å²) in [6.45, 7) is 7.58. The van der Waals surface area contributed by atoms with Gasteiger partial charge in [0.15, 0.2) is 5.78 Å². The second-order valence-electron chi connectivity index (χ2n) is 5.04. The minimum absolute atomic E-state index is 0.281. The van der Waals surface area contributed by atoms with E-state index in [0.29, 0.717) is 18.4 Å². The Morgan fingerprint density at radius 1 is 1.38 bits per heavy atom. The van der Waals surface area contributed by atoms with Crippen LogP contribution in [0.2, 0.25) is 0 Å². The number of carbonyl (C=O) groups excluding carboxylic acids is 1. The first kappa shape index (κ1) is 11.2. The van der Waals surface area contributed by atoms with Crippen LogP contribution in [-0.4, -0.2) is 18.4 Å². The van der Waals surface area contributed by atoms with Gasteiger partial charge in [0.25, 0.3) is 0 Å². The van der Waals surface area contributed by atoms with Gasteiger partial charge < -0.3 is 4.90 Å². The summed E-state index contributed by atoms with van der Waals surface area (Å²) in [6.07, 6.45) is 0.643. The molecule has 0 amide bonds. The maximum absolute atomic E-state index is 11.9. The van der Waals surface area contributed by atoms with Crippen molar-refractivity contribution in [3.05, 3.63) is 29.8 Å². The Morgan fingerprint density at radius 3 is 2.75 bits per heavy atom. The lowest BCUT2D eigenvalue weighted by Gasteiger charge is -2.37. The van der Waals surface area contributed by atoms with E-state index in [4.69, 9.17) is 0 Å². The van der Waals surface area contributed by atoms with E-state index in [1.165, 1.54) is 0 Å². The molecule has 2 heteroatoms. The molecule has 0 saturated carbocycles. The lowest BCUT2D eigenvalue weighted by Crippen LogP contribution is -2.41. The lowest BCUT2D eigenvalue weighted by molar-refractivity contribution is 0.0968. The molecule has 16 heavy (non-hydrogen) atoms. The molecule has 1 aromatic rings. The summed E-state index contributed by atoms with van der Waals surface area (Å²) < 4.78 is 0. The number of hydrogen-bond acceptors (Lipinski definition) is 2. The Labute approximate surface area is 97.3 Å². The molecule has 2 nitrogen and oxygen atoms in total. The standard InChI is InChI=1S/C14H19NO/c1-10(2)9-15-11(3)8-14(16)12-6-4-5-7-13(12)15/h4-7,10-11H,8-9H2,1-3H3. The van der Waals surface area contributed by atoms with Crippen LogP contribution in [0.15, 0.2) is 24.3 Å². The quantitative estimate of drug-likeness (QED) is 0.758. The van der Waals surface area contributed by atoms with E-state index in [1.54, 1.807) is 0 Å². The van der Waals surface area contributed by atoms with Gasteiger partial charge in [0.05, 0.1) is 0 Å². The van der Waals surface area contributed by atoms with Crippen molar-refractivity contribution in [3.63, 3.8) is 0 Å². The SMILES string of the molecule is CC(C)CN1c2ccccc2C(=O)CC1C. The monoisotopic (exact) mass is 217 g/mol. The van der Waals surface area contributed by atoms with E-state index >= 15 is 0 Å². The van der Waals surface area contributed by atoms with Crippen molar-refractivity contribution in [3.8, 4) is 0 Å². The molecule has 1 heterocycles. The fourth-order valence-electron chi connectivity index (χ4n) is 2.36. The van der Waals surface area contributed by atoms with Crippen molar-refractivity contribution in [2.24, 2.45) is 5.92 Å². The summed E-state index contributed by atoms with van der Waals surface area (Å²) in [6, 6.07) is 8.28. The first-order valence-corrected chi connectivity index (χ1v) is 5.98. The maximum atomic E-state index is 11.9. The predicted octanol–water partition coefficient (Wildman–Crippen LogP) is 3.12. The molecule has 2 rings (SSSR count). The average Bonchev–Trinajstić information content (AvgIpc) is 2.24. The number of hydrogen-bond donors (Lipinski definition) is 0.